The predicted molar refractivity (Wildman–Crippen MR) is 154 cm³/mol. The highest BCUT2D eigenvalue weighted by Crippen LogP contribution is 2.52. The normalized spacial score (nSPS) is 12.5. The highest BCUT2D eigenvalue weighted by molar-refractivity contribution is 6.02. The number of aliphatic hydroxyl groups excluding tert-OH is 2. The van der Waals surface area contributed by atoms with Crippen LogP contribution in [-0.4, -0.2) is 48.3 Å². The van der Waals surface area contributed by atoms with Gasteiger partial charge in [-0.1, -0.05) is 42.5 Å². The standard InChI is InChI=1S/C33H27FN2O5/c34-26-4-2-1-3-25(26)31-29-23-9-5-21(32(39)35-13-15-37)17-19(23)7-11-27(29)41-28-12-8-20-18-22(33(40)36-14-16-38)6-10-24(20)30(28)31/h1-12,17-18,31,37-38H,13-16H2,(H,35,39)(H,36,40). The Labute approximate surface area is 235 Å². The molecule has 0 atom stereocenters. The van der Waals surface area contributed by atoms with Gasteiger partial charge in [-0.05, 0) is 64.0 Å². The van der Waals surface area contributed by atoms with Crippen LogP contribution in [0.1, 0.15) is 43.3 Å². The summed E-state index contributed by atoms with van der Waals surface area (Å²) in [6.07, 6.45) is 0. The molecular weight excluding hydrogens is 523 g/mol. The van der Waals surface area contributed by atoms with E-state index in [1.54, 1.807) is 42.5 Å². The van der Waals surface area contributed by atoms with E-state index in [1.807, 2.05) is 36.4 Å². The maximum Gasteiger partial charge on any atom is 0.251 e. The number of carbonyl (C=O) groups excluding carboxylic acids is 2. The van der Waals surface area contributed by atoms with Crippen LogP contribution in [0.3, 0.4) is 0 Å². The van der Waals surface area contributed by atoms with Crippen molar-refractivity contribution in [3.05, 3.63) is 119 Å². The van der Waals surface area contributed by atoms with E-state index in [0.717, 1.165) is 32.7 Å². The van der Waals surface area contributed by atoms with Gasteiger partial charge in [0.25, 0.3) is 11.8 Å². The summed E-state index contributed by atoms with van der Waals surface area (Å²) in [5.41, 5.74) is 2.93. The Balaban J connectivity index is 1.56. The van der Waals surface area contributed by atoms with Crippen molar-refractivity contribution >= 4 is 33.4 Å². The van der Waals surface area contributed by atoms with E-state index in [1.165, 1.54) is 6.07 Å². The number of halogens is 1. The fourth-order valence-electron chi connectivity index (χ4n) is 5.55. The zero-order valence-corrected chi connectivity index (χ0v) is 22.0. The Morgan fingerprint density at radius 3 is 1.71 bits per heavy atom. The highest BCUT2D eigenvalue weighted by Gasteiger charge is 2.34. The van der Waals surface area contributed by atoms with Crippen LogP contribution in [0.4, 0.5) is 4.39 Å². The van der Waals surface area contributed by atoms with Crippen molar-refractivity contribution in [1.82, 2.24) is 10.6 Å². The number of fused-ring (bicyclic) bond motifs is 6. The first-order chi connectivity index (χ1) is 20.0. The molecule has 0 aromatic heterocycles. The molecule has 8 heteroatoms. The fraction of sp³-hybridized carbons (Fsp3) is 0.152. The third-order valence-electron chi connectivity index (χ3n) is 7.38. The molecule has 1 heterocycles. The molecule has 6 rings (SSSR count). The quantitative estimate of drug-likeness (QED) is 0.227. The van der Waals surface area contributed by atoms with Crippen molar-refractivity contribution in [2.24, 2.45) is 0 Å². The number of carbonyl (C=O) groups is 2. The average Bonchev–Trinajstić information content (AvgIpc) is 3.00. The Kier molecular flexibility index (Phi) is 7.09. The average molecular weight is 551 g/mol. The summed E-state index contributed by atoms with van der Waals surface area (Å²) in [5.74, 6) is -0.299. The lowest BCUT2D eigenvalue weighted by molar-refractivity contribution is 0.0937. The molecule has 4 N–H and O–H groups in total. The van der Waals surface area contributed by atoms with Crippen LogP contribution in [-0.2, 0) is 0 Å². The lowest BCUT2D eigenvalue weighted by atomic mass is 9.78. The molecule has 2 amide bonds. The maximum atomic E-state index is 15.6. The number of nitrogens with one attached hydrogen (secondary N) is 2. The van der Waals surface area contributed by atoms with Gasteiger partial charge in [0.2, 0.25) is 0 Å². The van der Waals surface area contributed by atoms with E-state index in [-0.39, 0.29) is 43.9 Å². The Hall–Kier alpha value is -4.79. The van der Waals surface area contributed by atoms with Gasteiger partial charge in [-0.15, -0.1) is 0 Å². The number of rotatable bonds is 7. The van der Waals surface area contributed by atoms with Crippen molar-refractivity contribution in [2.75, 3.05) is 26.3 Å². The van der Waals surface area contributed by atoms with Gasteiger partial charge in [-0.3, -0.25) is 9.59 Å². The van der Waals surface area contributed by atoms with Crippen molar-refractivity contribution in [3.8, 4) is 11.5 Å². The number of aliphatic hydroxyl groups is 2. The van der Waals surface area contributed by atoms with Gasteiger partial charge in [-0.2, -0.15) is 0 Å². The van der Waals surface area contributed by atoms with Gasteiger partial charge in [-0.25, -0.2) is 4.39 Å². The topological polar surface area (TPSA) is 108 Å². The van der Waals surface area contributed by atoms with Crippen LogP contribution in [0, 0.1) is 5.82 Å². The van der Waals surface area contributed by atoms with Gasteiger partial charge in [0.15, 0.2) is 0 Å². The van der Waals surface area contributed by atoms with Gasteiger partial charge >= 0.3 is 0 Å². The first-order valence-electron chi connectivity index (χ1n) is 13.3. The Morgan fingerprint density at radius 1 is 0.707 bits per heavy atom. The Bertz CT molecular complexity index is 1710. The van der Waals surface area contributed by atoms with E-state index >= 15 is 4.39 Å². The van der Waals surface area contributed by atoms with Gasteiger partial charge < -0.3 is 25.6 Å². The molecule has 0 fully saturated rings. The fourth-order valence-corrected chi connectivity index (χ4v) is 5.55. The molecule has 5 aromatic rings. The third kappa shape index (κ3) is 4.77. The summed E-state index contributed by atoms with van der Waals surface area (Å²) < 4.78 is 22.0. The number of hydrogen-bond acceptors (Lipinski definition) is 5. The summed E-state index contributed by atoms with van der Waals surface area (Å²) in [6, 6.07) is 24.7. The second-order valence-electron chi connectivity index (χ2n) is 9.84. The lowest BCUT2D eigenvalue weighted by Crippen LogP contribution is -2.26. The summed E-state index contributed by atoms with van der Waals surface area (Å²) in [7, 11) is 0. The second-order valence-corrected chi connectivity index (χ2v) is 9.84. The maximum absolute atomic E-state index is 15.6. The van der Waals surface area contributed by atoms with E-state index in [2.05, 4.69) is 10.6 Å². The molecule has 206 valence electrons. The molecule has 1 aliphatic rings. The first kappa shape index (κ1) is 26.4. The van der Waals surface area contributed by atoms with Crippen LogP contribution >= 0.6 is 0 Å². The minimum atomic E-state index is -0.537. The van der Waals surface area contributed by atoms with Crippen molar-refractivity contribution in [1.29, 1.82) is 0 Å². The molecule has 0 saturated heterocycles. The molecule has 0 radical (unpaired) electrons. The van der Waals surface area contributed by atoms with Crippen molar-refractivity contribution < 1.29 is 28.9 Å². The molecule has 5 aromatic carbocycles. The third-order valence-corrected chi connectivity index (χ3v) is 7.38. The minimum absolute atomic E-state index is 0.152. The molecular formula is C33H27FN2O5. The van der Waals surface area contributed by atoms with Crippen molar-refractivity contribution in [3.63, 3.8) is 0 Å². The molecule has 0 bridgehead atoms. The van der Waals surface area contributed by atoms with E-state index in [4.69, 9.17) is 14.9 Å². The monoisotopic (exact) mass is 550 g/mol. The van der Waals surface area contributed by atoms with E-state index < -0.39 is 5.92 Å². The highest BCUT2D eigenvalue weighted by atomic mass is 19.1. The Morgan fingerprint density at radius 2 is 1.22 bits per heavy atom. The summed E-state index contributed by atoms with van der Waals surface area (Å²) in [4.78, 5) is 25.1. The van der Waals surface area contributed by atoms with Crippen molar-refractivity contribution in [2.45, 2.75) is 5.92 Å². The minimum Gasteiger partial charge on any atom is -0.457 e. The van der Waals surface area contributed by atoms with E-state index in [9.17, 15) is 9.59 Å². The zero-order valence-electron chi connectivity index (χ0n) is 22.0. The van der Waals surface area contributed by atoms with E-state index in [0.29, 0.717) is 28.2 Å². The molecule has 7 nitrogen and oxygen atoms in total. The number of amides is 2. The van der Waals surface area contributed by atoms with Crippen LogP contribution < -0.4 is 15.4 Å². The molecule has 0 spiro atoms. The molecule has 1 aliphatic heterocycles. The largest absolute Gasteiger partial charge is 0.457 e. The summed E-state index contributed by atoms with van der Waals surface area (Å²) in [6.45, 7) is -0.00872. The number of ether oxygens (including phenoxy) is 1. The molecule has 0 unspecified atom stereocenters. The molecule has 41 heavy (non-hydrogen) atoms. The van der Waals surface area contributed by atoms with Crippen LogP contribution in [0.25, 0.3) is 21.5 Å². The molecule has 0 saturated carbocycles. The summed E-state index contributed by atoms with van der Waals surface area (Å²) in [5, 5.41) is 26.7. The van der Waals surface area contributed by atoms with Crippen LogP contribution in [0.2, 0.25) is 0 Å². The van der Waals surface area contributed by atoms with Gasteiger partial charge in [0, 0.05) is 46.8 Å². The first-order valence-corrected chi connectivity index (χ1v) is 13.3. The smallest absolute Gasteiger partial charge is 0.251 e. The molecule has 0 aliphatic carbocycles. The second kappa shape index (κ2) is 11.0. The predicted octanol–water partition coefficient (Wildman–Crippen LogP) is 4.86. The number of benzene rings is 5. The van der Waals surface area contributed by atoms with Gasteiger partial charge in [0.05, 0.1) is 13.2 Å². The zero-order chi connectivity index (χ0) is 28.5. The lowest BCUT2D eigenvalue weighted by Gasteiger charge is -2.31. The SMILES string of the molecule is O=C(NCCO)c1ccc2c3c(ccc2c1)Oc1ccc2cc(C(=O)NCCO)ccc2c1C3c1ccccc1F. The van der Waals surface area contributed by atoms with Crippen LogP contribution in [0.15, 0.2) is 84.9 Å². The van der Waals surface area contributed by atoms with Crippen LogP contribution in [0.5, 0.6) is 11.5 Å². The van der Waals surface area contributed by atoms with Gasteiger partial charge in [0.1, 0.15) is 17.3 Å². The number of hydrogen-bond donors (Lipinski definition) is 4. The summed E-state index contributed by atoms with van der Waals surface area (Å²) >= 11 is 0.